The summed E-state index contributed by atoms with van der Waals surface area (Å²) < 4.78 is 35.5. The van der Waals surface area contributed by atoms with Crippen LogP contribution >= 0.6 is 0 Å². The molecule has 10 heteroatoms. The van der Waals surface area contributed by atoms with Crippen LogP contribution in [0.4, 0.5) is 11.4 Å². The smallest absolute Gasteiger partial charge is 0.339 e. The van der Waals surface area contributed by atoms with E-state index < -0.39 is 33.9 Å². The van der Waals surface area contributed by atoms with E-state index in [1.165, 1.54) is 39.3 Å². The molecule has 172 valence electrons. The Labute approximate surface area is 187 Å². The van der Waals surface area contributed by atoms with E-state index in [4.69, 9.17) is 4.74 Å². The Morgan fingerprint density at radius 3 is 2.09 bits per heavy atom. The Bertz CT molecular complexity index is 1160. The highest BCUT2D eigenvalue weighted by molar-refractivity contribution is 7.92. The number of nitrogens with zero attached hydrogens (tertiary/aromatic N) is 1. The topological polar surface area (TPSA) is 119 Å². The fraction of sp³-hybridized carbons (Fsp3) is 0.318. The minimum atomic E-state index is -3.83. The first-order chi connectivity index (χ1) is 14.9. The van der Waals surface area contributed by atoms with Crippen molar-refractivity contribution >= 4 is 39.2 Å². The molecule has 1 atom stereocenters. The Morgan fingerprint density at radius 1 is 0.938 bits per heavy atom. The van der Waals surface area contributed by atoms with Crippen molar-refractivity contribution in [1.82, 2.24) is 0 Å². The zero-order valence-corrected chi connectivity index (χ0v) is 19.6. The van der Waals surface area contributed by atoms with Crippen molar-refractivity contribution < 1.29 is 32.3 Å². The summed E-state index contributed by atoms with van der Waals surface area (Å²) in [7, 11) is -1.46. The van der Waals surface area contributed by atoms with Gasteiger partial charge in [-0.15, -0.1) is 0 Å². The molecule has 32 heavy (non-hydrogen) atoms. The molecule has 0 bridgehead atoms. The van der Waals surface area contributed by atoms with Crippen molar-refractivity contribution in [1.29, 1.82) is 0 Å². The Hall–Kier alpha value is -3.40. The van der Waals surface area contributed by atoms with Crippen LogP contribution < -0.4 is 9.62 Å². The molecule has 9 nitrogen and oxygen atoms in total. The number of sulfonamides is 1. The number of hydrogen-bond acceptors (Lipinski definition) is 7. The number of methoxy groups -OCH3 is 2. The van der Waals surface area contributed by atoms with E-state index in [1.54, 1.807) is 18.2 Å². The van der Waals surface area contributed by atoms with Gasteiger partial charge in [-0.05, 0) is 62.2 Å². The second-order valence-electron chi connectivity index (χ2n) is 7.24. The molecule has 0 unspecified atom stereocenters. The number of ether oxygens (including phenoxy) is 2. The number of benzene rings is 2. The van der Waals surface area contributed by atoms with Crippen LogP contribution in [0.15, 0.2) is 36.4 Å². The van der Waals surface area contributed by atoms with Crippen molar-refractivity contribution in [2.24, 2.45) is 0 Å². The van der Waals surface area contributed by atoms with Gasteiger partial charge in [0.1, 0.15) is 6.04 Å². The van der Waals surface area contributed by atoms with Crippen LogP contribution in [0.2, 0.25) is 0 Å². The Morgan fingerprint density at radius 2 is 1.56 bits per heavy atom. The predicted octanol–water partition coefficient (Wildman–Crippen LogP) is 2.67. The van der Waals surface area contributed by atoms with Crippen LogP contribution in [0.5, 0.6) is 0 Å². The fourth-order valence-electron chi connectivity index (χ4n) is 3.09. The molecule has 2 aromatic carbocycles. The number of carbonyl (C=O) groups excluding carboxylic acids is 3. The van der Waals surface area contributed by atoms with Crippen LogP contribution in [0.1, 0.15) is 38.8 Å². The number of hydrogen-bond donors (Lipinski definition) is 1. The molecule has 0 saturated heterocycles. The molecular weight excluding hydrogens is 436 g/mol. The van der Waals surface area contributed by atoms with Crippen molar-refractivity contribution in [3.63, 3.8) is 0 Å². The summed E-state index contributed by atoms with van der Waals surface area (Å²) in [5.41, 5.74) is 2.25. The van der Waals surface area contributed by atoms with E-state index in [9.17, 15) is 22.8 Å². The zero-order valence-electron chi connectivity index (χ0n) is 18.8. The number of esters is 2. The second kappa shape index (κ2) is 9.82. The molecule has 1 N–H and O–H groups in total. The summed E-state index contributed by atoms with van der Waals surface area (Å²) in [5, 5.41) is 2.54. The number of aryl methyl sites for hydroxylation is 2. The zero-order chi connectivity index (χ0) is 24.2. The van der Waals surface area contributed by atoms with Crippen LogP contribution in [0.3, 0.4) is 0 Å². The number of carbonyl (C=O) groups is 3. The van der Waals surface area contributed by atoms with Crippen LogP contribution in [-0.2, 0) is 24.3 Å². The normalized spacial score (nSPS) is 11.9. The van der Waals surface area contributed by atoms with Gasteiger partial charge in [-0.2, -0.15) is 0 Å². The predicted molar refractivity (Wildman–Crippen MR) is 120 cm³/mol. The van der Waals surface area contributed by atoms with Gasteiger partial charge in [-0.25, -0.2) is 18.0 Å². The largest absolute Gasteiger partial charge is 0.465 e. The third-order valence-electron chi connectivity index (χ3n) is 4.94. The van der Waals surface area contributed by atoms with Crippen LogP contribution in [0, 0.1) is 13.8 Å². The first kappa shape index (κ1) is 24.9. The molecular formula is C22H26N2O7S. The summed E-state index contributed by atoms with van der Waals surface area (Å²) in [6.07, 6.45) is 1.00. The highest BCUT2D eigenvalue weighted by Gasteiger charge is 2.30. The Balaban J connectivity index is 2.47. The quantitative estimate of drug-likeness (QED) is 0.628. The third-order valence-corrected chi connectivity index (χ3v) is 6.18. The highest BCUT2D eigenvalue weighted by atomic mass is 32.2. The van der Waals surface area contributed by atoms with E-state index in [0.29, 0.717) is 5.69 Å². The lowest BCUT2D eigenvalue weighted by Crippen LogP contribution is -2.45. The van der Waals surface area contributed by atoms with Crippen molar-refractivity contribution in [2.75, 3.05) is 30.1 Å². The highest BCUT2D eigenvalue weighted by Crippen LogP contribution is 2.25. The molecule has 0 aliphatic carbocycles. The van der Waals surface area contributed by atoms with E-state index in [-0.39, 0.29) is 16.8 Å². The van der Waals surface area contributed by atoms with Gasteiger partial charge in [0, 0.05) is 0 Å². The van der Waals surface area contributed by atoms with Crippen molar-refractivity contribution in [2.45, 2.75) is 26.8 Å². The molecule has 0 radical (unpaired) electrons. The minimum Gasteiger partial charge on any atom is -0.465 e. The summed E-state index contributed by atoms with van der Waals surface area (Å²) in [6, 6.07) is 7.83. The van der Waals surface area contributed by atoms with E-state index in [1.807, 2.05) is 13.8 Å². The molecule has 0 aromatic heterocycles. The van der Waals surface area contributed by atoms with Crippen molar-refractivity contribution in [3.05, 3.63) is 58.7 Å². The summed E-state index contributed by atoms with van der Waals surface area (Å²) >= 11 is 0. The van der Waals surface area contributed by atoms with Gasteiger partial charge in [-0.1, -0.05) is 6.07 Å². The second-order valence-corrected chi connectivity index (χ2v) is 9.10. The van der Waals surface area contributed by atoms with Gasteiger partial charge in [0.05, 0.1) is 43.0 Å². The summed E-state index contributed by atoms with van der Waals surface area (Å²) in [5.74, 6) is -2.11. The molecule has 0 spiro atoms. The number of amides is 1. The monoisotopic (exact) mass is 462 g/mol. The SMILES string of the molecule is COC(=O)c1ccc(C(=O)OC)c(NC(=O)[C@H](C)N(c2ccc(C)c(C)c2)S(C)(=O)=O)c1. The lowest BCUT2D eigenvalue weighted by Gasteiger charge is -2.29. The van der Waals surface area contributed by atoms with Crippen LogP contribution in [0.25, 0.3) is 0 Å². The van der Waals surface area contributed by atoms with E-state index in [0.717, 1.165) is 21.7 Å². The molecule has 0 aliphatic rings. The first-order valence-electron chi connectivity index (χ1n) is 9.59. The third kappa shape index (κ3) is 5.44. The first-order valence-corrected chi connectivity index (χ1v) is 11.4. The number of rotatable bonds is 7. The number of anilines is 2. The molecule has 2 aromatic rings. The standard InChI is InChI=1S/C22H26N2O7S/c1-13-7-9-17(11-14(13)2)24(32(6,28)29)15(3)20(25)23-19-12-16(21(26)30-4)8-10-18(19)22(27)31-5/h7-12,15H,1-6H3,(H,23,25)/t15-/m0/s1. The molecule has 0 aliphatic heterocycles. The summed E-state index contributed by atoms with van der Waals surface area (Å²) in [4.78, 5) is 37.1. The lowest BCUT2D eigenvalue weighted by molar-refractivity contribution is -0.116. The van der Waals surface area contributed by atoms with E-state index in [2.05, 4.69) is 10.1 Å². The van der Waals surface area contributed by atoms with Gasteiger partial charge in [0.25, 0.3) is 0 Å². The average Bonchev–Trinajstić information content (AvgIpc) is 2.74. The van der Waals surface area contributed by atoms with Gasteiger partial charge < -0.3 is 14.8 Å². The van der Waals surface area contributed by atoms with Crippen LogP contribution in [-0.4, -0.2) is 52.8 Å². The maximum atomic E-state index is 13.1. The Kier molecular flexibility index (Phi) is 7.63. The maximum Gasteiger partial charge on any atom is 0.339 e. The minimum absolute atomic E-state index is 0.00205. The summed E-state index contributed by atoms with van der Waals surface area (Å²) in [6.45, 7) is 5.15. The molecule has 0 fully saturated rings. The van der Waals surface area contributed by atoms with Gasteiger partial charge >= 0.3 is 11.9 Å². The molecule has 0 heterocycles. The average molecular weight is 463 g/mol. The molecule has 2 rings (SSSR count). The van der Waals surface area contributed by atoms with E-state index >= 15 is 0 Å². The number of nitrogens with one attached hydrogen (secondary N) is 1. The van der Waals surface area contributed by atoms with Gasteiger partial charge in [0.15, 0.2) is 0 Å². The van der Waals surface area contributed by atoms with Crippen molar-refractivity contribution in [3.8, 4) is 0 Å². The fourth-order valence-corrected chi connectivity index (χ4v) is 4.26. The lowest BCUT2D eigenvalue weighted by atomic mass is 10.1. The maximum absolute atomic E-state index is 13.1. The molecule has 0 saturated carbocycles. The molecule has 1 amide bonds. The van der Waals surface area contributed by atoms with Gasteiger partial charge in [-0.3, -0.25) is 9.10 Å². The van der Waals surface area contributed by atoms with Gasteiger partial charge in [0.2, 0.25) is 15.9 Å².